The van der Waals surface area contributed by atoms with Crippen LogP contribution in [0.25, 0.3) is 0 Å². The minimum atomic E-state index is 0.732. The topological polar surface area (TPSA) is 58.6 Å². The van der Waals surface area contributed by atoms with Gasteiger partial charge in [0, 0.05) is 6.42 Å². The van der Waals surface area contributed by atoms with Gasteiger partial charge in [-0.05, 0) is 19.3 Å². The Morgan fingerprint density at radius 3 is 3.07 bits per heavy atom. The molecule has 4 heteroatoms. The van der Waals surface area contributed by atoms with Crippen molar-refractivity contribution >= 4 is 5.71 Å². The molecule has 0 unspecified atom stereocenters. The molecule has 0 spiro atoms. The molecule has 2 rings (SSSR count). The van der Waals surface area contributed by atoms with Gasteiger partial charge in [-0.2, -0.15) is 0 Å². The predicted molar refractivity (Wildman–Crippen MR) is 51.8 cm³/mol. The lowest BCUT2D eigenvalue weighted by Crippen LogP contribution is -2.12. The molecule has 0 saturated carbocycles. The molecule has 1 heterocycles. The van der Waals surface area contributed by atoms with E-state index in [-0.39, 0.29) is 0 Å². The predicted octanol–water partition coefficient (Wildman–Crippen LogP) is 2.14. The van der Waals surface area contributed by atoms with Crippen LogP contribution in [0.15, 0.2) is 9.68 Å². The fourth-order valence-corrected chi connectivity index (χ4v) is 1.91. The van der Waals surface area contributed by atoms with Crippen LogP contribution in [0.4, 0.5) is 0 Å². The van der Waals surface area contributed by atoms with Crippen LogP contribution < -0.4 is 0 Å². The molecule has 1 aliphatic rings. The first kappa shape index (κ1) is 9.24. The average Bonchev–Trinajstić information content (AvgIpc) is 2.62. The van der Waals surface area contributed by atoms with Gasteiger partial charge < -0.3 is 9.73 Å². The number of fused-ring (bicyclic) bond motifs is 1. The quantitative estimate of drug-likeness (QED) is 0.579. The van der Waals surface area contributed by atoms with Crippen molar-refractivity contribution in [2.75, 3.05) is 0 Å². The van der Waals surface area contributed by atoms with E-state index >= 15 is 0 Å². The minimum absolute atomic E-state index is 0.732. The molecule has 1 N–H and O–H groups in total. The molecule has 1 aromatic heterocycles. The van der Waals surface area contributed by atoms with Crippen LogP contribution in [-0.2, 0) is 12.8 Å². The third-order valence-corrected chi connectivity index (χ3v) is 2.55. The summed E-state index contributed by atoms with van der Waals surface area (Å²) in [6, 6.07) is 0. The van der Waals surface area contributed by atoms with Gasteiger partial charge >= 0.3 is 0 Å². The second kappa shape index (κ2) is 3.82. The highest BCUT2D eigenvalue weighted by Crippen LogP contribution is 2.25. The molecule has 0 radical (unpaired) electrons. The van der Waals surface area contributed by atoms with Gasteiger partial charge in [0.1, 0.15) is 5.76 Å². The Kier molecular flexibility index (Phi) is 2.52. The van der Waals surface area contributed by atoms with E-state index < -0.39 is 0 Å². The highest BCUT2D eigenvalue weighted by atomic mass is 16.5. The first-order chi connectivity index (χ1) is 6.86. The summed E-state index contributed by atoms with van der Waals surface area (Å²) >= 11 is 0. The Hall–Kier alpha value is -1.32. The summed E-state index contributed by atoms with van der Waals surface area (Å²) in [5, 5.41) is 16.2. The van der Waals surface area contributed by atoms with Gasteiger partial charge in [-0.25, -0.2) is 0 Å². The van der Waals surface area contributed by atoms with Crippen molar-refractivity contribution in [3.05, 3.63) is 17.0 Å². The molecule has 14 heavy (non-hydrogen) atoms. The van der Waals surface area contributed by atoms with Gasteiger partial charge in [-0.1, -0.05) is 23.7 Å². The fraction of sp³-hybridized carbons (Fsp3) is 0.600. The van der Waals surface area contributed by atoms with Crippen molar-refractivity contribution in [1.82, 2.24) is 5.16 Å². The van der Waals surface area contributed by atoms with E-state index in [0.717, 1.165) is 54.8 Å². The van der Waals surface area contributed by atoms with E-state index in [1.807, 2.05) is 0 Å². The summed E-state index contributed by atoms with van der Waals surface area (Å²) in [5.74, 6) is 0.882. The van der Waals surface area contributed by atoms with Crippen molar-refractivity contribution in [3.8, 4) is 0 Å². The summed E-state index contributed by atoms with van der Waals surface area (Å²) in [5.41, 5.74) is 2.63. The van der Waals surface area contributed by atoms with Crippen LogP contribution >= 0.6 is 0 Å². The average molecular weight is 194 g/mol. The second-order valence-electron chi connectivity index (χ2n) is 3.58. The van der Waals surface area contributed by atoms with Crippen LogP contribution in [0.1, 0.15) is 43.2 Å². The third-order valence-electron chi connectivity index (χ3n) is 2.55. The molecular formula is C10H14N2O2. The SMILES string of the molecule is CCCc1noc2c1C(=NO)CCC2. The molecule has 1 aromatic rings. The third kappa shape index (κ3) is 1.41. The van der Waals surface area contributed by atoms with Crippen LogP contribution in [0.3, 0.4) is 0 Å². The molecule has 0 bridgehead atoms. The lowest BCUT2D eigenvalue weighted by Gasteiger charge is -2.10. The standard InChI is InChI=1S/C10H14N2O2/c1-2-4-8-10-7(11-13)5-3-6-9(10)14-12-8/h13H,2-6H2,1H3. The maximum absolute atomic E-state index is 8.87. The zero-order valence-electron chi connectivity index (χ0n) is 8.29. The highest BCUT2D eigenvalue weighted by Gasteiger charge is 2.24. The van der Waals surface area contributed by atoms with Crippen molar-refractivity contribution in [2.24, 2.45) is 5.16 Å². The smallest absolute Gasteiger partial charge is 0.146 e. The molecule has 76 valence electrons. The molecule has 0 atom stereocenters. The van der Waals surface area contributed by atoms with Crippen LogP contribution in [0.2, 0.25) is 0 Å². The van der Waals surface area contributed by atoms with Crippen molar-refractivity contribution < 1.29 is 9.73 Å². The maximum atomic E-state index is 8.87. The van der Waals surface area contributed by atoms with Crippen LogP contribution in [-0.4, -0.2) is 16.1 Å². The summed E-state index contributed by atoms with van der Waals surface area (Å²) in [4.78, 5) is 0. The summed E-state index contributed by atoms with van der Waals surface area (Å²) in [6.07, 6.45) is 4.62. The normalized spacial score (nSPS) is 18.5. The zero-order valence-corrected chi connectivity index (χ0v) is 8.29. The van der Waals surface area contributed by atoms with Gasteiger partial charge in [0.05, 0.1) is 17.0 Å². The molecule has 0 aromatic carbocycles. The van der Waals surface area contributed by atoms with Gasteiger partial charge in [0.15, 0.2) is 0 Å². The van der Waals surface area contributed by atoms with Gasteiger partial charge in [0.2, 0.25) is 0 Å². The zero-order chi connectivity index (χ0) is 9.97. The molecule has 0 amide bonds. The lowest BCUT2D eigenvalue weighted by molar-refractivity contribution is 0.316. The molecular weight excluding hydrogens is 180 g/mol. The van der Waals surface area contributed by atoms with E-state index in [0.29, 0.717) is 0 Å². The van der Waals surface area contributed by atoms with Crippen molar-refractivity contribution in [1.29, 1.82) is 0 Å². The largest absolute Gasteiger partial charge is 0.411 e. The summed E-state index contributed by atoms with van der Waals surface area (Å²) in [7, 11) is 0. The number of aromatic nitrogens is 1. The van der Waals surface area contributed by atoms with Gasteiger partial charge in [-0.3, -0.25) is 0 Å². The number of aryl methyl sites for hydroxylation is 2. The number of rotatable bonds is 2. The Bertz CT molecular complexity index is 355. The molecule has 0 aliphatic heterocycles. The Labute approximate surface area is 82.6 Å². The monoisotopic (exact) mass is 194 g/mol. The minimum Gasteiger partial charge on any atom is -0.411 e. The van der Waals surface area contributed by atoms with Gasteiger partial charge in [0.25, 0.3) is 0 Å². The Morgan fingerprint density at radius 2 is 2.36 bits per heavy atom. The fourth-order valence-electron chi connectivity index (χ4n) is 1.91. The van der Waals surface area contributed by atoms with Crippen LogP contribution in [0, 0.1) is 0 Å². The number of hydrogen-bond donors (Lipinski definition) is 1. The number of nitrogens with zero attached hydrogens (tertiary/aromatic N) is 2. The molecule has 1 aliphatic carbocycles. The van der Waals surface area contributed by atoms with E-state index in [2.05, 4.69) is 17.2 Å². The van der Waals surface area contributed by atoms with E-state index in [1.165, 1.54) is 0 Å². The second-order valence-corrected chi connectivity index (χ2v) is 3.58. The molecule has 0 fully saturated rings. The van der Waals surface area contributed by atoms with E-state index in [9.17, 15) is 0 Å². The number of oxime groups is 1. The Balaban J connectivity index is 2.41. The van der Waals surface area contributed by atoms with E-state index in [4.69, 9.17) is 9.73 Å². The van der Waals surface area contributed by atoms with Crippen molar-refractivity contribution in [2.45, 2.75) is 39.0 Å². The molecule has 4 nitrogen and oxygen atoms in total. The highest BCUT2D eigenvalue weighted by molar-refractivity contribution is 6.02. The summed E-state index contributed by atoms with van der Waals surface area (Å²) < 4.78 is 5.23. The molecule has 0 saturated heterocycles. The number of hydrogen-bond acceptors (Lipinski definition) is 4. The first-order valence-corrected chi connectivity index (χ1v) is 5.05. The van der Waals surface area contributed by atoms with Crippen molar-refractivity contribution in [3.63, 3.8) is 0 Å². The van der Waals surface area contributed by atoms with E-state index in [1.54, 1.807) is 0 Å². The summed E-state index contributed by atoms with van der Waals surface area (Å²) in [6.45, 7) is 2.10. The lowest BCUT2D eigenvalue weighted by atomic mass is 9.93. The van der Waals surface area contributed by atoms with Crippen LogP contribution in [0.5, 0.6) is 0 Å². The van der Waals surface area contributed by atoms with Gasteiger partial charge in [-0.15, -0.1) is 0 Å². The maximum Gasteiger partial charge on any atom is 0.146 e. The first-order valence-electron chi connectivity index (χ1n) is 5.05. The Morgan fingerprint density at radius 1 is 1.50 bits per heavy atom.